The molecule has 0 fully saturated rings. The lowest BCUT2D eigenvalue weighted by Gasteiger charge is -2.04. The van der Waals surface area contributed by atoms with Crippen molar-refractivity contribution in [1.29, 1.82) is 0 Å². The fourth-order valence-corrected chi connectivity index (χ4v) is 1.03. The van der Waals surface area contributed by atoms with Gasteiger partial charge in [0.15, 0.2) is 0 Å². The molecule has 0 aliphatic rings. The molecule has 0 bridgehead atoms. The van der Waals surface area contributed by atoms with Crippen LogP contribution >= 0.6 is 12.6 Å². The SMILES string of the molecule is NCc1ccnc(OCCCS)c1. The van der Waals surface area contributed by atoms with E-state index < -0.39 is 0 Å². The largest absolute Gasteiger partial charge is 0.478 e. The molecule has 3 nitrogen and oxygen atoms in total. The van der Waals surface area contributed by atoms with Crippen molar-refractivity contribution >= 4 is 12.6 Å². The molecule has 0 aromatic carbocycles. The molecular weight excluding hydrogens is 184 g/mol. The Bertz CT molecular complexity index is 255. The first-order valence-corrected chi connectivity index (χ1v) is 4.88. The normalized spacial score (nSPS) is 10.0. The standard InChI is InChI=1S/C9H14N2OS/c10-7-8-2-3-11-9(6-8)12-4-1-5-13/h2-3,6,13H,1,4-5,7,10H2. The minimum atomic E-state index is 0.519. The quantitative estimate of drug-likeness (QED) is 0.553. The number of hydrogen-bond donors (Lipinski definition) is 2. The first kappa shape index (κ1) is 10.3. The van der Waals surface area contributed by atoms with Crippen molar-refractivity contribution in [3.05, 3.63) is 23.9 Å². The van der Waals surface area contributed by atoms with Gasteiger partial charge in [-0.15, -0.1) is 0 Å². The molecule has 0 aliphatic heterocycles. The summed E-state index contributed by atoms with van der Waals surface area (Å²) in [5, 5.41) is 0. The van der Waals surface area contributed by atoms with Crippen molar-refractivity contribution in [2.45, 2.75) is 13.0 Å². The van der Waals surface area contributed by atoms with E-state index in [1.54, 1.807) is 6.20 Å². The molecule has 1 heterocycles. The second-order valence-corrected chi connectivity index (χ2v) is 3.08. The number of hydrogen-bond acceptors (Lipinski definition) is 4. The highest BCUT2D eigenvalue weighted by molar-refractivity contribution is 7.80. The second kappa shape index (κ2) is 5.83. The predicted molar refractivity (Wildman–Crippen MR) is 56.1 cm³/mol. The van der Waals surface area contributed by atoms with E-state index in [1.807, 2.05) is 12.1 Å². The minimum Gasteiger partial charge on any atom is -0.478 e. The maximum Gasteiger partial charge on any atom is 0.213 e. The van der Waals surface area contributed by atoms with Crippen LogP contribution in [0.4, 0.5) is 0 Å². The zero-order valence-electron chi connectivity index (χ0n) is 7.44. The number of ether oxygens (including phenoxy) is 1. The van der Waals surface area contributed by atoms with E-state index >= 15 is 0 Å². The lowest BCUT2D eigenvalue weighted by atomic mass is 10.3. The third kappa shape index (κ3) is 3.65. The van der Waals surface area contributed by atoms with Crippen LogP contribution in [0.3, 0.4) is 0 Å². The van der Waals surface area contributed by atoms with Crippen molar-refractivity contribution in [2.24, 2.45) is 5.73 Å². The van der Waals surface area contributed by atoms with Crippen LogP contribution in [-0.4, -0.2) is 17.3 Å². The summed E-state index contributed by atoms with van der Waals surface area (Å²) in [6.07, 6.45) is 2.63. The molecule has 13 heavy (non-hydrogen) atoms. The number of rotatable bonds is 5. The minimum absolute atomic E-state index is 0.519. The highest BCUT2D eigenvalue weighted by Gasteiger charge is 1.95. The molecule has 0 spiro atoms. The molecule has 2 N–H and O–H groups in total. The van der Waals surface area contributed by atoms with E-state index in [0.29, 0.717) is 19.0 Å². The molecule has 0 amide bonds. The molecule has 1 rings (SSSR count). The highest BCUT2D eigenvalue weighted by Crippen LogP contribution is 2.08. The smallest absolute Gasteiger partial charge is 0.213 e. The van der Waals surface area contributed by atoms with E-state index in [4.69, 9.17) is 10.5 Å². The van der Waals surface area contributed by atoms with Gasteiger partial charge in [-0.2, -0.15) is 12.6 Å². The molecule has 1 aromatic rings. The molecule has 72 valence electrons. The van der Waals surface area contributed by atoms with Gasteiger partial charge < -0.3 is 10.5 Å². The first-order chi connectivity index (χ1) is 6.36. The Morgan fingerprint density at radius 3 is 3.08 bits per heavy atom. The Morgan fingerprint density at radius 2 is 2.38 bits per heavy atom. The molecule has 4 heteroatoms. The number of thiol groups is 1. The van der Waals surface area contributed by atoms with Gasteiger partial charge in [-0.1, -0.05) is 0 Å². The number of pyridine rings is 1. The van der Waals surface area contributed by atoms with Gasteiger partial charge in [0.25, 0.3) is 0 Å². The van der Waals surface area contributed by atoms with E-state index in [2.05, 4.69) is 17.6 Å². The summed E-state index contributed by atoms with van der Waals surface area (Å²) in [6, 6.07) is 3.74. The van der Waals surface area contributed by atoms with Crippen LogP contribution in [0.25, 0.3) is 0 Å². The van der Waals surface area contributed by atoms with Crippen LogP contribution in [-0.2, 0) is 6.54 Å². The van der Waals surface area contributed by atoms with E-state index in [0.717, 1.165) is 17.7 Å². The van der Waals surface area contributed by atoms with Crippen LogP contribution in [0, 0.1) is 0 Å². The molecule has 1 aromatic heterocycles. The maximum absolute atomic E-state index is 5.48. The fraction of sp³-hybridized carbons (Fsp3) is 0.444. The Balaban J connectivity index is 2.46. The summed E-state index contributed by atoms with van der Waals surface area (Å²) in [5.74, 6) is 1.47. The fourth-order valence-electron chi connectivity index (χ4n) is 0.898. The summed E-state index contributed by atoms with van der Waals surface area (Å²) >= 11 is 4.09. The lowest BCUT2D eigenvalue weighted by Crippen LogP contribution is -2.01. The van der Waals surface area contributed by atoms with Crippen LogP contribution in [0.2, 0.25) is 0 Å². The maximum atomic E-state index is 5.48. The van der Waals surface area contributed by atoms with E-state index in [1.165, 1.54) is 0 Å². The van der Waals surface area contributed by atoms with E-state index in [-0.39, 0.29) is 0 Å². The number of aromatic nitrogens is 1. The van der Waals surface area contributed by atoms with Gasteiger partial charge in [-0.3, -0.25) is 0 Å². The average molecular weight is 198 g/mol. The average Bonchev–Trinajstić information content (AvgIpc) is 2.19. The third-order valence-corrected chi connectivity index (χ3v) is 1.90. The summed E-state index contributed by atoms with van der Waals surface area (Å²) < 4.78 is 5.37. The van der Waals surface area contributed by atoms with Crippen molar-refractivity contribution < 1.29 is 4.74 Å². The summed E-state index contributed by atoms with van der Waals surface area (Å²) in [6.45, 7) is 1.18. The van der Waals surface area contributed by atoms with Gasteiger partial charge in [0, 0.05) is 18.8 Å². The Hall–Kier alpha value is -0.740. The van der Waals surface area contributed by atoms with Crippen LogP contribution in [0.1, 0.15) is 12.0 Å². The molecule has 0 aliphatic carbocycles. The Kier molecular flexibility index (Phi) is 4.64. The topological polar surface area (TPSA) is 48.1 Å². The van der Waals surface area contributed by atoms with Gasteiger partial charge in [0.05, 0.1) is 6.61 Å². The second-order valence-electron chi connectivity index (χ2n) is 2.63. The highest BCUT2D eigenvalue weighted by atomic mass is 32.1. The summed E-state index contributed by atoms with van der Waals surface area (Å²) in [7, 11) is 0. The summed E-state index contributed by atoms with van der Waals surface area (Å²) in [5.41, 5.74) is 6.52. The predicted octanol–water partition coefficient (Wildman–Crippen LogP) is 1.24. The Morgan fingerprint density at radius 1 is 1.54 bits per heavy atom. The number of nitrogens with zero attached hydrogens (tertiary/aromatic N) is 1. The van der Waals surface area contributed by atoms with Crippen LogP contribution in [0.5, 0.6) is 5.88 Å². The third-order valence-electron chi connectivity index (χ3n) is 1.59. The van der Waals surface area contributed by atoms with Crippen molar-refractivity contribution in [3.63, 3.8) is 0 Å². The molecule has 0 radical (unpaired) electrons. The van der Waals surface area contributed by atoms with Crippen LogP contribution < -0.4 is 10.5 Å². The first-order valence-electron chi connectivity index (χ1n) is 4.25. The molecule has 0 saturated heterocycles. The van der Waals surface area contributed by atoms with E-state index in [9.17, 15) is 0 Å². The van der Waals surface area contributed by atoms with Gasteiger partial charge in [-0.25, -0.2) is 4.98 Å². The zero-order chi connectivity index (χ0) is 9.52. The molecular formula is C9H14N2OS. The molecule has 0 saturated carbocycles. The molecule has 0 unspecified atom stereocenters. The van der Waals surface area contributed by atoms with Crippen molar-refractivity contribution in [1.82, 2.24) is 4.98 Å². The van der Waals surface area contributed by atoms with Gasteiger partial charge >= 0.3 is 0 Å². The number of nitrogens with two attached hydrogens (primary N) is 1. The van der Waals surface area contributed by atoms with Crippen LogP contribution in [0.15, 0.2) is 18.3 Å². The Labute approximate surface area is 83.7 Å². The lowest BCUT2D eigenvalue weighted by molar-refractivity contribution is 0.306. The molecule has 0 atom stereocenters. The van der Waals surface area contributed by atoms with Gasteiger partial charge in [0.1, 0.15) is 0 Å². The van der Waals surface area contributed by atoms with Gasteiger partial charge in [0.2, 0.25) is 5.88 Å². The zero-order valence-corrected chi connectivity index (χ0v) is 8.33. The summed E-state index contributed by atoms with van der Waals surface area (Å²) in [4.78, 5) is 4.06. The van der Waals surface area contributed by atoms with Crippen molar-refractivity contribution in [2.75, 3.05) is 12.4 Å². The van der Waals surface area contributed by atoms with Crippen molar-refractivity contribution in [3.8, 4) is 5.88 Å². The van der Waals surface area contributed by atoms with Gasteiger partial charge in [-0.05, 0) is 23.8 Å². The monoisotopic (exact) mass is 198 g/mol.